The van der Waals surface area contributed by atoms with Gasteiger partial charge in [0.1, 0.15) is 12.4 Å². The van der Waals surface area contributed by atoms with Gasteiger partial charge in [0, 0.05) is 17.6 Å². The number of nitrogens with one attached hydrogen (secondary N) is 1. The fourth-order valence-electron chi connectivity index (χ4n) is 2.00. The molecule has 1 aromatic heterocycles. The van der Waals surface area contributed by atoms with Gasteiger partial charge in [-0.1, -0.05) is 29.8 Å². The molecule has 2 N–H and O–H groups in total. The van der Waals surface area contributed by atoms with Crippen molar-refractivity contribution in [2.24, 2.45) is 0 Å². The molecule has 0 aliphatic carbocycles. The monoisotopic (exact) mass is 309 g/mol. The van der Waals surface area contributed by atoms with Crippen LogP contribution in [0.4, 0.5) is 0 Å². The fraction of sp³-hybridized carbons (Fsp3) is 0.375. The highest BCUT2D eigenvalue weighted by Gasteiger charge is 2.11. The standard InChI is InChI=1S/C16H20ClNO3/c1-12(15-6-2-3-7-16(15)17)18-9-13(19)10-20-11-14-5-4-8-21-14/h2-8,12-13,18-19H,9-11H2,1H3/t12-,13?/m1/s1. The topological polar surface area (TPSA) is 54.6 Å². The summed E-state index contributed by atoms with van der Waals surface area (Å²) in [7, 11) is 0. The van der Waals surface area contributed by atoms with Crippen LogP contribution in [0.5, 0.6) is 0 Å². The molecule has 0 radical (unpaired) electrons. The summed E-state index contributed by atoms with van der Waals surface area (Å²) in [5.41, 5.74) is 1.02. The van der Waals surface area contributed by atoms with E-state index in [1.54, 1.807) is 6.26 Å². The molecule has 114 valence electrons. The van der Waals surface area contributed by atoms with Crippen molar-refractivity contribution in [2.45, 2.75) is 25.7 Å². The Hall–Kier alpha value is -1.33. The molecule has 2 aromatic rings. The van der Waals surface area contributed by atoms with Crippen LogP contribution in [0, 0.1) is 0 Å². The molecule has 5 heteroatoms. The first kappa shape index (κ1) is 16.0. The van der Waals surface area contributed by atoms with Crippen molar-refractivity contribution in [3.05, 3.63) is 59.0 Å². The summed E-state index contributed by atoms with van der Waals surface area (Å²) in [6.07, 6.45) is 1.02. The molecule has 0 bridgehead atoms. The maximum Gasteiger partial charge on any atom is 0.129 e. The third-order valence-corrected chi connectivity index (χ3v) is 3.51. The van der Waals surface area contributed by atoms with E-state index in [4.69, 9.17) is 20.8 Å². The Bertz CT molecular complexity index is 530. The highest BCUT2D eigenvalue weighted by Crippen LogP contribution is 2.21. The van der Waals surface area contributed by atoms with E-state index in [0.29, 0.717) is 13.2 Å². The molecule has 1 unspecified atom stereocenters. The smallest absolute Gasteiger partial charge is 0.129 e. The largest absolute Gasteiger partial charge is 0.467 e. The number of benzene rings is 1. The van der Waals surface area contributed by atoms with Crippen LogP contribution in [-0.4, -0.2) is 24.4 Å². The van der Waals surface area contributed by atoms with E-state index in [1.165, 1.54) is 0 Å². The van der Waals surface area contributed by atoms with Crippen LogP contribution < -0.4 is 5.32 Å². The van der Waals surface area contributed by atoms with Gasteiger partial charge in [-0.15, -0.1) is 0 Å². The molecule has 0 saturated carbocycles. The maximum absolute atomic E-state index is 9.89. The molecule has 0 saturated heterocycles. The average Bonchev–Trinajstić information content (AvgIpc) is 2.98. The van der Waals surface area contributed by atoms with Crippen LogP contribution in [0.15, 0.2) is 47.1 Å². The summed E-state index contributed by atoms with van der Waals surface area (Å²) >= 11 is 6.14. The van der Waals surface area contributed by atoms with E-state index in [9.17, 15) is 5.11 Å². The van der Waals surface area contributed by atoms with Crippen LogP contribution in [-0.2, 0) is 11.3 Å². The first-order chi connectivity index (χ1) is 10.2. The molecular weight excluding hydrogens is 290 g/mol. The van der Waals surface area contributed by atoms with E-state index in [2.05, 4.69) is 5.32 Å². The Morgan fingerprint density at radius 3 is 2.81 bits per heavy atom. The minimum absolute atomic E-state index is 0.0680. The predicted octanol–water partition coefficient (Wildman–Crippen LogP) is 3.16. The zero-order valence-electron chi connectivity index (χ0n) is 12.0. The molecule has 0 aliphatic rings. The molecule has 1 heterocycles. The highest BCUT2D eigenvalue weighted by atomic mass is 35.5. The van der Waals surface area contributed by atoms with Gasteiger partial charge in [-0.2, -0.15) is 0 Å². The van der Waals surface area contributed by atoms with Crippen LogP contribution in [0.25, 0.3) is 0 Å². The Morgan fingerprint density at radius 2 is 2.10 bits per heavy atom. The van der Waals surface area contributed by atoms with Crippen LogP contribution in [0.1, 0.15) is 24.3 Å². The second kappa shape index (κ2) is 8.20. The van der Waals surface area contributed by atoms with E-state index in [0.717, 1.165) is 16.3 Å². The third kappa shape index (κ3) is 5.17. The summed E-state index contributed by atoms with van der Waals surface area (Å²) in [5.74, 6) is 0.750. The van der Waals surface area contributed by atoms with Crippen molar-refractivity contribution >= 4 is 11.6 Å². The number of aliphatic hydroxyl groups is 1. The average molecular weight is 310 g/mol. The maximum atomic E-state index is 9.89. The first-order valence-corrected chi connectivity index (χ1v) is 7.30. The van der Waals surface area contributed by atoms with Crippen molar-refractivity contribution < 1.29 is 14.3 Å². The molecule has 0 spiro atoms. The molecule has 1 aromatic carbocycles. The van der Waals surface area contributed by atoms with Crippen molar-refractivity contribution in [3.8, 4) is 0 Å². The molecule has 0 amide bonds. The predicted molar refractivity (Wildman–Crippen MR) is 82.2 cm³/mol. The molecule has 0 aliphatic heterocycles. The van der Waals surface area contributed by atoms with Gasteiger partial charge in [-0.3, -0.25) is 0 Å². The molecule has 2 rings (SSSR count). The second-order valence-electron chi connectivity index (χ2n) is 4.90. The Balaban J connectivity index is 1.68. The second-order valence-corrected chi connectivity index (χ2v) is 5.31. The van der Waals surface area contributed by atoms with Gasteiger partial charge in [0.05, 0.1) is 19.0 Å². The Kier molecular flexibility index (Phi) is 6.26. The van der Waals surface area contributed by atoms with Crippen LogP contribution in [0.2, 0.25) is 5.02 Å². The van der Waals surface area contributed by atoms with Crippen molar-refractivity contribution in [2.75, 3.05) is 13.2 Å². The number of furan rings is 1. The summed E-state index contributed by atoms with van der Waals surface area (Å²) in [6, 6.07) is 11.4. The fourth-order valence-corrected chi connectivity index (χ4v) is 2.30. The lowest BCUT2D eigenvalue weighted by Gasteiger charge is -2.18. The normalized spacial score (nSPS) is 14.0. The quantitative estimate of drug-likeness (QED) is 0.786. The molecule has 0 fully saturated rings. The van der Waals surface area contributed by atoms with Gasteiger partial charge in [0.2, 0.25) is 0 Å². The van der Waals surface area contributed by atoms with Crippen molar-refractivity contribution in [1.82, 2.24) is 5.32 Å². The number of hydrogen-bond donors (Lipinski definition) is 2. The molecule has 4 nitrogen and oxygen atoms in total. The van der Waals surface area contributed by atoms with Crippen LogP contribution in [0.3, 0.4) is 0 Å². The van der Waals surface area contributed by atoms with Gasteiger partial charge in [0.25, 0.3) is 0 Å². The van der Waals surface area contributed by atoms with Gasteiger partial charge >= 0.3 is 0 Å². The Labute approximate surface area is 129 Å². The minimum Gasteiger partial charge on any atom is -0.467 e. The summed E-state index contributed by atoms with van der Waals surface area (Å²) in [6.45, 7) is 3.06. The summed E-state index contributed by atoms with van der Waals surface area (Å²) in [4.78, 5) is 0. The SMILES string of the molecule is C[C@@H](NCC(O)COCc1ccco1)c1ccccc1Cl. The van der Waals surface area contributed by atoms with Gasteiger partial charge in [-0.05, 0) is 30.7 Å². The van der Waals surface area contributed by atoms with Gasteiger partial charge in [-0.25, -0.2) is 0 Å². The van der Waals surface area contributed by atoms with Gasteiger partial charge < -0.3 is 19.6 Å². The van der Waals surface area contributed by atoms with E-state index >= 15 is 0 Å². The zero-order valence-corrected chi connectivity index (χ0v) is 12.7. The van der Waals surface area contributed by atoms with E-state index in [1.807, 2.05) is 43.3 Å². The molecule has 2 atom stereocenters. The first-order valence-electron chi connectivity index (χ1n) is 6.93. The summed E-state index contributed by atoms with van der Waals surface area (Å²) < 4.78 is 10.5. The number of hydrogen-bond acceptors (Lipinski definition) is 4. The van der Waals surface area contributed by atoms with E-state index in [-0.39, 0.29) is 12.6 Å². The lowest BCUT2D eigenvalue weighted by Crippen LogP contribution is -2.32. The number of aliphatic hydroxyl groups excluding tert-OH is 1. The molecule has 21 heavy (non-hydrogen) atoms. The highest BCUT2D eigenvalue weighted by molar-refractivity contribution is 6.31. The molecular formula is C16H20ClNO3. The van der Waals surface area contributed by atoms with E-state index < -0.39 is 6.10 Å². The summed E-state index contributed by atoms with van der Waals surface area (Å²) in [5, 5.41) is 13.9. The zero-order chi connectivity index (χ0) is 15.1. The number of halogens is 1. The number of rotatable bonds is 8. The third-order valence-electron chi connectivity index (χ3n) is 3.17. The Morgan fingerprint density at radius 1 is 1.29 bits per heavy atom. The van der Waals surface area contributed by atoms with Crippen LogP contribution >= 0.6 is 11.6 Å². The lowest BCUT2D eigenvalue weighted by atomic mass is 10.1. The number of ether oxygens (including phenoxy) is 1. The lowest BCUT2D eigenvalue weighted by molar-refractivity contribution is 0.0217. The van der Waals surface area contributed by atoms with Gasteiger partial charge in [0.15, 0.2) is 0 Å². The minimum atomic E-state index is -0.579. The van der Waals surface area contributed by atoms with Crippen molar-refractivity contribution in [3.63, 3.8) is 0 Å². The van der Waals surface area contributed by atoms with Crippen molar-refractivity contribution in [1.29, 1.82) is 0 Å².